The highest BCUT2D eigenvalue weighted by Crippen LogP contribution is 2.30. The van der Waals surface area contributed by atoms with Gasteiger partial charge in [-0.25, -0.2) is 0 Å². The van der Waals surface area contributed by atoms with Crippen LogP contribution in [0.2, 0.25) is 0 Å². The lowest BCUT2D eigenvalue weighted by atomic mass is 9.87. The molecule has 0 bridgehead atoms. The van der Waals surface area contributed by atoms with E-state index in [1.54, 1.807) is 0 Å². The van der Waals surface area contributed by atoms with Crippen molar-refractivity contribution in [1.82, 2.24) is 10.2 Å². The normalized spacial score (nSPS) is 19.1. The molecule has 0 saturated carbocycles. The van der Waals surface area contributed by atoms with E-state index in [0.717, 1.165) is 43.1 Å². The fraction of sp³-hybridized carbons (Fsp3) is 0.421. The summed E-state index contributed by atoms with van der Waals surface area (Å²) in [6, 6.07) is 12.3. The predicted octanol–water partition coefficient (Wildman–Crippen LogP) is 2.69. The van der Waals surface area contributed by atoms with Gasteiger partial charge in [0, 0.05) is 18.0 Å². The number of rotatable bonds is 3. The molecule has 2 aliphatic rings. The van der Waals surface area contributed by atoms with E-state index < -0.39 is 0 Å². The molecule has 120 valence electrons. The number of benzene rings is 1. The highest BCUT2D eigenvalue weighted by atomic mass is 16.3. The van der Waals surface area contributed by atoms with Crippen LogP contribution in [0.5, 0.6) is 0 Å². The molecule has 0 spiro atoms. The molecule has 1 saturated heterocycles. The second-order valence-electron chi connectivity index (χ2n) is 6.64. The van der Waals surface area contributed by atoms with Crippen molar-refractivity contribution < 1.29 is 9.21 Å². The van der Waals surface area contributed by atoms with E-state index in [0.29, 0.717) is 12.5 Å². The van der Waals surface area contributed by atoms with Gasteiger partial charge < -0.3 is 14.6 Å². The Balaban J connectivity index is 1.51. The maximum Gasteiger partial charge on any atom is 0.226 e. The number of furan rings is 1. The molecule has 4 nitrogen and oxygen atoms in total. The van der Waals surface area contributed by atoms with Crippen LogP contribution in [-0.4, -0.2) is 30.4 Å². The Labute approximate surface area is 136 Å². The average Bonchev–Trinajstić information content (AvgIpc) is 2.96. The number of hydrogen-bond acceptors (Lipinski definition) is 3. The summed E-state index contributed by atoms with van der Waals surface area (Å²) in [7, 11) is 0. The van der Waals surface area contributed by atoms with Crippen LogP contribution < -0.4 is 5.32 Å². The van der Waals surface area contributed by atoms with Crippen molar-refractivity contribution in [2.45, 2.75) is 19.9 Å². The summed E-state index contributed by atoms with van der Waals surface area (Å²) in [6.45, 7) is 5.38. The summed E-state index contributed by atoms with van der Waals surface area (Å²) < 4.78 is 6.05. The van der Waals surface area contributed by atoms with Crippen molar-refractivity contribution in [2.75, 3.05) is 19.6 Å². The summed E-state index contributed by atoms with van der Waals surface area (Å²) >= 11 is 0. The minimum atomic E-state index is 0.0985. The fourth-order valence-electron chi connectivity index (χ4n) is 3.41. The third-order valence-corrected chi connectivity index (χ3v) is 5.16. The maximum atomic E-state index is 12.7. The zero-order valence-corrected chi connectivity index (χ0v) is 13.4. The van der Waals surface area contributed by atoms with Gasteiger partial charge in [0.2, 0.25) is 5.91 Å². The van der Waals surface area contributed by atoms with Crippen molar-refractivity contribution >= 4 is 5.91 Å². The first kappa shape index (κ1) is 14.5. The second-order valence-corrected chi connectivity index (χ2v) is 6.64. The molecule has 0 aliphatic carbocycles. The first-order chi connectivity index (χ1) is 11.2. The maximum absolute atomic E-state index is 12.7. The van der Waals surface area contributed by atoms with Gasteiger partial charge in [0.1, 0.15) is 11.5 Å². The van der Waals surface area contributed by atoms with Gasteiger partial charge in [-0.15, -0.1) is 0 Å². The topological polar surface area (TPSA) is 45.5 Å². The molecule has 1 unspecified atom stereocenters. The standard InChI is InChI=1S/C19H22N2O2/c1-13(16-10-20-11-16)19(22)21-8-7-15-9-17(23-18(15)12-21)14-5-3-2-4-6-14/h2-6,9,13,16,20H,7-8,10-12H2,1H3. The quantitative estimate of drug-likeness (QED) is 0.948. The molecule has 1 N–H and O–H groups in total. The molecule has 2 aliphatic heterocycles. The lowest BCUT2D eigenvalue weighted by Gasteiger charge is -2.36. The monoisotopic (exact) mass is 310 g/mol. The number of nitrogens with zero attached hydrogens (tertiary/aromatic N) is 1. The first-order valence-corrected chi connectivity index (χ1v) is 8.39. The van der Waals surface area contributed by atoms with Crippen LogP contribution >= 0.6 is 0 Å². The van der Waals surface area contributed by atoms with Crippen LogP contribution in [0.4, 0.5) is 0 Å². The smallest absolute Gasteiger partial charge is 0.226 e. The average molecular weight is 310 g/mol. The Morgan fingerprint density at radius 1 is 1.30 bits per heavy atom. The number of carbonyl (C=O) groups is 1. The summed E-state index contributed by atoms with van der Waals surface area (Å²) in [5.74, 6) is 2.70. The highest BCUT2D eigenvalue weighted by molar-refractivity contribution is 5.79. The van der Waals surface area contributed by atoms with E-state index >= 15 is 0 Å². The zero-order chi connectivity index (χ0) is 15.8. The first-order valence-electron chi connectivity index (χ1n) is 8.39. The van der Waals surface area contributed by atoms with Gasteiger partial charge in [0.25, 0.3) is 0 Å². The summed E-state index contributed by atoms with van der Waals surface area (Å²) in [5, 5.41) is 3.25. The number of fused-ring (bicyclic) bond motifs is 1. The van der Waals surface area contributed by atoms with Crippen LogP contribution in [0, 0.1) is 11.8 Å². The second kappa shape index (κ2) is 5.85. The van der Waals surface area contributed by atoms with Crippen molar-refractivity contribution in [2.24, 2.45) is 11.8 Å². The van der Waals surface area contributed by atoms with E-state index in [1.807, 2.05) is 23.1 Å². The van der Waals surface area contributed by atoms with Gasteiger partial charge in [0.05, 0.1) is 6.54 Å². The molecule has 23 heavy (non-hydrogen) atoms. The summed E-state index contributed by atoms with van der Waals surface area (Å²) in [6.07, 6.45) is 0.882. The number of hydrogen-bond donors (Lipinski definition) is 1. The van der Waals surface area contributed by atoms with E-state index in [4.69, 9.17) is 4.42 Å². The van der Waals surface area contributed by atoms with Crippen LogP contribution in [0.1, 0.15) is 18.2 Å². The van der Waals surface area contributed by atoms with E-state index in [1.165, 1.54) is 5.56 Å². The lowest BCUT2D eigenvalue weighted by molar-refractivity contribution is -0.138. The molecule has 1 fully saturated rings. The van der Waals surface area contributed by atoms with Gasteiger partial charge in [0.15, 0.2) is 0 Å². The highest BCUT2D eigenvalue weighted by Gasteiger charge is 2.33. The fourth-order valence-corrected chi connectivity index (χ4v) is 3.41. The summed E-state index contributed by atoms with van der Waals surface area (Å²) in [4.78, 5) is 14.6. The third kappa shape index (κ3) is 2.68. The Hall–Kier alpha value is -2.07. The van der Waals surface area contributed by atoms with Crippen LogP contribution in [-0.2, 0) is 17.8 Å². The Morgan fingerprint density at radius 2 is 2.09 bits per heavy atom. The van der Waals surface area contributed by atoms with E-state index in [2.05, 4.69) is 30.4 Å². The van der Waals surface area contributed by atoms with Crippen LogP contribution in [0.15, 0.2) is 40.8 Å². The van der Waals surface area contributed by atoms with Gasteiger partial charge in [-0.2, -0.15) is 0 Å². The minimum Gasteiger partial charge on any atom is -0.459 e. The molecule has 1 amide bonds. The Bertz CT molecular complexity index is 703. The van der Waals surface area contributed by atoms with Gasteiger partial charge in [-0.1, -0.05) is 37.3 Å². The SMILES string of the molecule is CC(C(=O)N1CCc2cc(-c3ccccc3)oc2C1)C1CNC1. The third-order valence-electron chi connectivity index (χ3n) is 5.16. The molecule has 1 atom stereocenters. The van der Waals surface area contributed by atoms with Gasteiger partial charge in [-0.05, 0) is 37.1 Å². The number of nitrogens with one attached hydrogen (secondary N) is 1. The van der Waals surface area contributed by atoms with Crippen molar-refractivity contribution in [3.63, 3.8) is 0 Å². The minimum absolute atomic E-state index is 0.0985. The predicted molar refractivity (Wildman–Crippen MR) is 88.8 cm³/mol. The molecule has 4 rings (SSSR count). The molecule has 0 radical (unpaired) electrons. The van der Waals surface area contributed by atoms with Gasteiger partial charge >= 0.3 is 0 Å². The molecule has 4 heteroatoms. The molecule has 1 aromatic heterocycles. The molecular weight excluding hydrogens is 288 g/mol. The Kier molecular flexibility index (Phi) is 3.69. The van der Waals surface area contributed by atoms with E-state index in [9.17, 15) is 4.79 Å². The van der Waals surface area contributed by atoms with Crippen molar-refractivity contribution in [1.29, 1.82) is 0 Å². The largest absolute Gasteiger partial charge is 0.459 e. The van der Waals surface area contributed by atoms with Crippen molar-refractivity contribution in [3.8, 4) is 11.3 Å². The van der Waals surface area contributed by atoms with E-state index in [-0.39, 0.29) is 11.8 Å². The lowest BCUT2D eigenvalue weighted by Crippen LogP contribution is -2.51. The molecule has 3 heterocycles. The van der Waals surface area contributed by atoms with Crippen LogP contribution in [0.25, 0.3) is 11.3 Å². The number of carbonyl (C=O) groups excluding carboxylic acids is 1. The zero-order valence-electron chi connectivity index (χ0n) is 13.4. The van der Waals surface area contributed by atoms with Gasteiger partial charge in [-0.3, -0.25) is 4.79 Å². The Morgan fingerprint density at radius 3 is 2.78 bits per heavy atom. The van der Waals surface area contributed by atoms with Crippen molar-refractivity contribution in [3.05, 3.63) is 47.7 Å². The van der Waals surface area contributed by atoms with Crippen LogP contribution in [0.3, 0.4) is 0 Å². The number of amides is 1. The molecule has 2 aromatic rings. The molecular formula is C19H22N2O2. The molecule has 1 aromatic carbocycles. The summed E-state index contributed by atoms with van der Waals surface area (Å²) in [5.41, 5.74) is 2.33.